The first kappa shape index (κ1) is 17.7. The topological polar surface area (TPSA) is 62.4 Å². The van der Waals surface area contributed by atoms with E-state index >= 15 is 0 Å². The third kappa shape index (κ3) is 3.77. The number of benzene rings is 2. The second-order valence-corrected chi connectivity index (χ2v) is 6.17. The molecule has 0 saturated carbocycles. The third-order valence-corrected chi connectivity index (χ3v) is 4.29. The van der Waals surface area contributed by atoms with Crippen LogP contribution in [0.1, 0.15) is 29.3 Å². The van der Waals surface area contributed by atoms with E-state index in [1.807, 2.05) is 43.3 Å². The zero-order chi connectivity index (χ0) is 18.5. The van der Waals surface area contributed by atoms with Crippen molar-refractivity contribution in [3.63, 3.8) is 0 Å². The number of methoxy groups -OCH3 is 1. The van der Waals surface area contributed by atoms with Gasteiger partial charge in [-0.2, -0.15) is 0 Å². The molecule has 5 heteroatoms. The molecule has 0 aliphatic carbocycles. The molecule has 0 bridgehead atoms. The van der Waals surface area contributed by atoms with Crippen LogP contribution in [0.5, 0.6) is 5.75 Å². The average molecular weight is 350 g/mol. The highest BCUT2D eigenvalue weighted by Crippen LogP contribution is 2.19. The number of pyridine rings is 1. The first-order valence-electron chi connectivity index (χ1n) is 8.66. The molecule has 0 fully saturated rings. The first-order valence-corrected chi connectivity index (χ1v) is 8.66. The van der Waals surface area contributed by atoms with Crippen LogP contribution in [0, 0.1) is 0 Å². The molecule has 0 unspecified atom stereocenters. The Hall–Kier alpha value is -3.08. The number of carbonyl (C=O) groups excluding carboxylic acids is 1. The molecule has 1 amide bonds. The van der Waals surface area contributed by atoms with Gasteiger partial charge in [0.2, 0.25) is 0 Å². The maximum Gasteiger partial charge on any atom is 0.254 e. The van der Waals surface area contributed by atoms with Gasteiger partial charge in [-0.3, -0.25) is 9.59 Å². The van der Waals surface area contributed by atoms with Crippen molar-refractivity contribution in [3.8, 4) is 5.75 Å². The Balaban J connectivity index is 1.94. The molecule has 1 aromatic heterocycles. The van der Waals surface area contributed by atoms with E-state index in [1.54, 1.807) is 30.2 Å². The number of hydrogen-bond acceptors (Lipinski definition) is 3. The minimum atomic E-state index is -0.176. The largest absolute Gasteiger partial charge is 0.497 e. The van der Waals surface area contributed by atoms with Crippen LogP contribution in [0.25, 0.3) is 10.9 Å². The molecular formula is C21H22N2O3. The fourth-order valence-electron chi connectivity index (χ4n) is 2.97. The SMILES string of the molecule is CCCN(Cc1cc2cc(OC)ccc2[nH]c1=O)C(=O)c1ccccc1. The Morgan fingerprint density at radius 1 is 1.12 bits per heavy atom. The number of hydrogen-bond donors (Lipinski definition) is 1. The highest BCUT2D eigenvalue weighted by molar-refractivity contribution is 5.94. The summed E-state index contributed by atoms with van der Waals surface area (Å²) in [5.41, 5.74) is 1.75. The Bertz CT molecular complexity index is 964. The van der Waals surface area contributed by atoms with Gasteiger partial charge in [-0.25, -0.2) is 0 Å². The van der Waals surface area contributed by atoms with Gasteiger partial charge in [0.1, 0.15) is 5.75 Å². The van der Waals surface area contributed by atoms with Crippen molar-refractivity contribution in [1.82, 2.24) is 9.88 Å². The standard InChI is InChI=1S/C21H22N2O3/c1-3-11-23(21(25)15-7-5-4-6-8-15)14-17-12-16-13-18(26-2)9-10-19(16)22-20(17)24/h4-10,12-13H,3,11,14H2,1-2H3,(H,22,24). The van der Waals surface area contributed by atoms with Crippen LogP contribution in [-0.4, -0.2) is 29.4 Å². The Kier molecular flexibility index (Phi) is 5.37. The molecule has 3 rings (SSSR count). The smallest absolute Gasteiger partial charge is 0.254 e. The minimum absolute atomic E-state index is 0.0717. The lowest BCUT2D eigenvalue weighted by molar-refractivity contribution is 0.0742. The average Bonchev–Trinajstić information content (AvgIpc) is 2.68. The van der Waals surface area contributed by atoms with Crippen LogP contribution in [-0.2, 0) is 6.54 Å². The number of carbonyl (C=O) groups is 1. The number of aromatic amines is 1. The fraction of sp³-hybridized carbons (Fsp3) is 0.238. The van der Waals surface area contributed by atoms with Gasteiger partial charge in [0.05, 0.1) is 13.7 Å². The molecule has 0 saturated heterocycles. The number of ether oxygens (including phenoxy) is 1. The number of rotatable bonds is 6. The number of nitrogens with zero attached hydrogens (tertiary/aromatic N) is 1. The van der Waals surface area contributed by atoms with E-state index in [0.29, 0.717) is 17.7 Å². The quantitative estimate of drug-likeness (QED) is 0.739. The lowest BCUT2D eigenvalue weighted by Gasteiger charge is -2.22. The van der Waals surface area contributed by atoms with Crippen molar-refractivity contribution in [3.05, 3.63) is 76.1 Å². The summed E-state index contributed by atoms with van der Waals surface area (Å²) in [4.78, 5) is 29.9. The van der Waals surface area contributed by atoms with Crippen molar-refractivity contribution in [2.75, 3.05) is 13.7 Å². The maximum atomic E-state index is 12.8. The van der Waals surface area contributed by atoms with Gasteiger partial charge in [0.15, 0.2) is 0 Å². The highest BCUT2D eigenvalue weighted by atomic mass is 16.5. The van der Waals surface area contributed by atoms with Crippen molar-refractivity contribution in [2.45, 2.75) is 19.9 Å². The fourth-order valence-corrected chi connectivity index (χ4v) is 2.97. The van der Waals surface area contributed by atoms with Gasteiger partial charge in [-0.15, -0.1) is 0 Å². The molecule has 5 nitrogen and oxygen atoms in total. The molecule has 0 aliphatic rings. The second-order valence-electron chi connectivity index (χ2n) is 6.17. The van der Waals surface area contributed by atoms with E-state index in [4.69, 9.17) is 4.74 Å². The molecule has 3 aromatic rings. The van der Waals surface area contributed by atoms with Crippen LogP contribution in [0.2, 0.25) is 0 Å². The Labute approximate surface area is 152 Å². The van der Waals surface area contributed by atoms with Crippen LogP contribution in [0.4, 0.5) is 0 Å². The summed E-state index contributed by atoms with van der Waals surface area (Å²) >= 11 is 0. The zero-order valence-corrected chi connectivity index (χ0v) is 15.0. The van der Waals surface area contributed by atoms with Crippen LogP contribution >= 0.6 is 0 Å². The predicted octanol–water partition coefficient (Wildman–Crippen LogP) is 3.59. The van der Waals surface area contributed by atoms with E-state index in [9.17, 15) is 9.59 Å². The first-order chi connectivity index (χ1) is 12.6. The van der Waals surface area contributed by atoms with Crippen molar-refractivity contribution in [1.29, 1.82) is 0 Å². The van der Waals surface area contributed by atoms with Gasteiger partial charge in [-0.05, 0) is 42.8 Å². The number of fused-ring (bicyclic) bond motifs is 1. The molecule has 1 heterocycles. The predicted molar refractivity (Wildman–Crippen MR) is 103 cm³/mol. The summed E-state index contributed by atoms with van der Waals surface area (Å²) in [7, 11) is 1.61. The van der Waals surface area contributed by atoms with Gasteiger partial charge in [0.25, 0.3) is 11.5 Å². The lowest BCUT2D eigenvalue weighted by atomic mass is 10.1. The van der Waals surface area contributed by atoms with Gasteiger partial charge >= 0.3 is 0 Å². The number of amides is 1. The van der Waals surface area contributed by atoms with Crippen molar-refractivity contribution >= 4 is 16.8 Å². The summed E-state index contributed by atoms with van der Waals surface area (Å²) < 4.78 is 5.25. The van der Waals surface area contributed by atoms with Crippen LogP contribution in [0.15, 0.2) is 59.4 Å². The van der Waals surface area contributed by atoms with Crippen molar-refractivity contribution in [2.24, 2.45) is 0 Å². The normalized spacial score (nSPS) is 10.7. The van der Waals surface area contributed by atoms with E-state index in [2.05, 4.69) is 4.98 Å². The van der Waals surface area contributed by atoms with Gasteiger partial charge < -0.3 is 14.6 Å². The Morgan fingerprint density at radius 3 is 2.58 bits per heavy atom. The maximum absolute atomic E-state index is 12.8. The summed E-state index contributed by atoms with van der Waals surface area (Å²) in [6, 6.07) is 16.5. The third-order valence-electron chi connectivity index (χ3n) is 4.29. The molecule has 0 radical (unpaired) electrons. The summed E-state index contributed by atoms with van der Waals surface area (Å²) in [5, 5.41) is 0.877. The van der Waals surface area contributed by atoms with Crippen molar-refractivity contribution < 1.29 is 9.53 Å². The zero-order valence-electron chi connectivity index (χ0n) is 15.0. The molecule has 2 aromatic carbocycles. The molecule has 0 atom stereocenters. The van der Waals surface area contributed by atoms with E-state index in [-0.39, 0.29) is 18.0 Å². The van der Waals surface area contributed by atoms with E-state index < -0.39 is 0 Å². The summed E-state index contributed by atoms with van der Waals surface area (Å²) in [6.07, 6.45) is 0.817. The monoisotopic (exact) mass is 350 g/mol. The Morgan fingerprint density at radius 2 is 1.88 bits per heavy atom. The summed E-state index contributed by atoms with van der Waals surface area (Å²) in [6.45, 7) is 2.87. The van der Waals surface area contributed by atoms with Crippen LogP contribution in [0.3, 0.4) is 0 Å². The molecular weight excluding hydrogens is 328 g/mol. The summed E-state index contributed by atoms with van der Waals surface area (Å²) in [5.74, 6) is 0.652. The number of nitrogens with one attached hydrogen (secondary N) is 1. The molecule has 0 spiro atoms. The molecule has 26 heavy (non-hydrogen) atoms. The van der Waals surface area contributed by atoms with Crippen LogP contribution < -0.4 is 10.3 Å². The van der Waals surface area contributed by atoms with Gasteiger partial charge in [-0.1, -0.05) is 25.1 Å². The van der Waals surface area contributed by atoms with Gasteiger partial charge in [0, 0.05) is 28.6 Å². The second kappa shape index (κ2) is 7.87. The molecule has 1 N–H and O–H groups in total. The minimum Gasteiger partial charge on any atom is -0.497 e. The highest BCUT2D eigenvalue weighted by Gasteiger charge is 2.17. The van der Waals surface area contributed by atoms with E-state index in [1.165, 1.54) is 0 Å². The lowest BCUT2D eigenvalue weighted by Crippen LogP contribution is -2.33. The molecule has 0 aliphatic heterocycles. The number of aromatic nitrogens is 1. The molecule has 134 valence electrons. The van der Waals surface area contributed by atoms with E-state index in [0.717, 1.165) is 23.1 Å². The number of H-pyrrole nitrogens is 1.